The van der Waals surface area contributed by atoms with E-state index in [-0.39, 0.29) is 55.1 Å². The van der Waals surface area contributed by atoms with Gasteiger partial charge in [-0.2, -0.15) is 0 Å². The zero-order valence-corrected chi connectivity index (χ0v) is 9.43. The van der Waals surface area contributed by atoms with Crippen molar-refractivity contribution in [2.24, 2.45) is 0 Å². The first-order valence-electron chi connectivity index (χ1n) is 0.697. The summed E-state index contributed by atoms with van der Waals surface area (Å²) in [6.45, 7) is 0. The molecule has 0 N–H and O–H groups in total. The average molecular weight is 313 g/mol. The minimum absolute atomic E-state index is 0. The Morgan fingerprint density at radius 3 is 1.12 bits per heavy atom. The molecular weight excluding hydrogens is 298 g/mol. The van der Waals surface area contributed by atoms with Crippen molar-refractivity contribution in [1.82, 2.24) is 0 Å². The van der Waals surface area contributed by atoms with Crippen LogP contribution in [0.25, 0.3) is 0 Å². The van der Waals surface area contributed by atoms with E-state index in [0.29, 0.717) is 0 Å². The van der Waals surface area contributed by atoms with Crippen molar-refractivity contribution in [3.63, 3.8) is 0 Å². The molecule has 0 aliphatic rings. The Kier molecular flexibility index (Phi) is 850. The van der Waals surface area contributed by atoms with Gasteiger partial charge in [0.2, 0.25) is 0 Å². The van der Waals surface area contributed by atoms with Crippen molar-refractivity contribution in [2.75, 3.05) is 7.11 Å². The van der Waals surface area contributed by atoms with Gasteiger partial charge < -0.3 is 27.0 Å². The van der Waals surface area contributed by atoms with Gasteiger partial charge in [-0.15, -0.1) is 12.4 Å². The van der Waals surface area contributed by atoms with E-state index in [1.807, 2.05) is 0 Å². The van der Waals surface area contributed by atoms with Gasteiger partial charge in [-0.25, -0.2) is 7.11 Å². The van der Waals surface area contributed by atoms with E-state index in [1.165, 1.54) is 7.11 Å². The van der Waals surface area contributed by atoms with Crippen LogP contribution in [0.5, 0.6) is 0 Å². The molecule has 1 radical (unpaired) electrons. The van der Waals surface area contributed by atoms with Crippen LogP contribution >= 0.6 is 12.4 Å². The summed E-state index contributed by atoms with van der Waals surface area (Å²) in [6, 6.07) is 0. The normalized spacial score (nSPS) is 2.25. The van der Waals surface area contributed by atoms with Crippen molar-refractivity contribution in [3.8, 4) is 0 Å². The van der Waals surface area contributed by atoms with Gasteiger partial charge in [0.15, 0.2) is 0 Å². The number of halogens is 1. The third-order valence-corrected chi connectivity index (χ3v) is 0. The first-order chi connectivity index (χ1) is 1.41. The number of hydrogen-bond acceptors (Lipinski definition) is 1. The first kappa shape index (κ1) is 65.8. The van der Waals surface area contributed by atoms with Gasteiger partial charge >= 0.3 is 0 Å². The van der Waals surface area contributed by atoms with Crippen molar-refractivity contribution < 1.29 is 25.2 Å². The van der Waals surface area contributed by atoms with E-state index in [0.717, 1.165) is 0 Å². The molecule has 0 amide bonds. The van der Waals surface area contributed by atoms with Crippen LogP contribution in [0.4, 0.5) is 0 Å². The molecule has 0 heterocycles. The van der Waals surface area contributed by atoms with E-state index >= 15 is 0 Å². The SMILES string of the molecule is Cl.[CH2-]OC.[CH3-].[CH3-].[CH3-].[Re]. The molecule has 1 nitrogen and oxygen atoms in total. The van der Waals surface area contributed by atoms with Gasteiger partial charge in [0, 0.05) is 20.4 Å². The fourth-order valence-electron chi connectivity index (χ4n) is 0. The molecule has 0 saturated heterocycles. The third kappa shape index (κ3) is 290. The maximum absolute atomic E-state index is 4.00. The minimum Gasteiger partial charge on any atom is -0.557 e. The monoisotopic (exact) mass is 313 g/mol. The average Bonchev–Trinajstić information content (AvgIpc) is 0.918. The predicted octanol–water partition coefficient (Wildman–Crippen LogP) is 2.19. The molecule has 59 valence electrons. The van der Waals surface area contributed by atoms with E-state index < -0.39 is 0 Å². The number of rotatable bonds is 0. The summed E-state index contributed by atoms with van der Waals surface area (Å²) in [7, 11) is 4.50. The molecule has 0 rings (SSSR count). The fraction of sp³-hybridized carbons (Fsp3) is 0.200. The van der Waals surface area contributed by atoms with Crippen molar-refractivity contribution in [3.05, 3.63) is 29.4 Å². The molecular formula is C5H15ClORe-4. The molecule has 0 spiro atoms. The van der Waals surface area contributed by atoms with Gasteiger partial charge in [0.05, 0.1) is 0 Å². The van der Waals surface area contributed by atoms with E-state index in [9.17, 15) is 0 Å². The van der Waals surface area contributed by atoms with E-state index in [4.69, 9.17) is 0 Å². The van der Waals surface area contributed by atoms with Gasteiger partial charge in [0.1, 0.15) is 0 Å². The molecule has 0 aromatic rings. The maximum atomic E-state index is 4.00. The first-order valence-corrected chi connectivity index (χ1v) is 0.697. The van der Waals surface area contributed by atoms with Crippen LogP contribution in [0.15, 0.2) is 0 Å². The molecule has 0 saturated carbocycles. The summed E-state index contributed by atoms with van der Waals surface area (Å²) in [5.74, 6) is 0. The topological polar surface area (TPSA) is 9.23 Å². The smallest absolute Gasteiger partial charge is 0 e. The zero-order chi connectivity index (χ0) is 2.71. The summed E-state index contributed by atoms with van der Waals surface area (Å²) in [6.07, 6.45) is 0. The molecule has 0 aliphatic heterocycles. The van der Waals surface area contributed by atoms with Crippen LogP contribution in [0, 0.1) is 29.4 Å². The molecule has 0 bridgehead atoms. The van der Waals surface area contributed by atoms with E-state index in [2.05, 4.69) is 11.8 Å². The zero-order valence-electron chi connectivity index (χ0n) is 5.90. The largest absolute Gasteiger partial charge is 0.557 e. The number of ether oxygens (including phenoxy) is 1. The van der Waals surface area contributed by atoms with Gasteiger partial charge in [-0.3, -0.25) is 0 Å². The van der Waals surface area contributed by atoms with Crippen LogP contribution in [-0.2, 0) is 25.2 Å². The quantitative estimate of drug-likeness (QED) is 0.623. The fourth-order valence-corrected chi connectivity index (χ4v) is 0. The Labute approximate surface area is 74.3 Å². The molecule has 0 fully saturated rings. The second-order valence-corrected chi connectivity index (χ2v) is 0.289. The Hall–Kier alpha value is 0.912. The second-order valence-electron chi connectivity index (χ2n) is 0.289. The summed E-state index contributed by atoms with van der Waals surface area (Å²) in [5.41, 5.74) is 0. The van der Waals surface area contributed by atoms with Crippen LogP contribution in [-0.4, -0.2) is 7.11 Å². The number of methoxy groups -OCH3 is 1. The maximum Gasteiger partial charge on any atom is 0 e. The summed E-state index contributed by atoms with van der Waals surface area (Å²) < 4.78 is 4.00. The van der Waals surface area contributed by atoms with Gasteiger partial charge in [0.25, 0.3) is 0 Å². The van der Waals surface area contributed by atoms with Crippen molar-refractivity contribution in [1.29, 1.82) is 0 Å². The molecule has 0 unspecified atom stereocenters. The standard InChI is InChI=1S/C2H5O.3CH3.ClH.Re/c1-3-2;;;;;/h1H2,2H3;3*1H3;1H;/q4*-1;;. The van der Waals surface area contributed by atoms with Gasteiger partial charge in [-0.05, 0) is 7.11 Å². The van der Waals surface area contributed by atoms with Crippen molar-refractivity contribution >= 4 is 12.4 Å². The Morgan fingerprint density at radius 1 is 1.12 bits per heavy atom. The van der Waals surface area contributed by atoms with Crippen molar-refractivity contribution in [2.45, 2.75) is 0 Å². The second kappa shape index (κ2) is 103. The molecule has 0 aromatic carbocycles. The van der Waals surface area contributed by atoms with Crippen LogP contribution in [0.3, 0.4) is 0 Å². The van der Waals surface area contributed by atoms with Crippen LogP contribution in [0.2, 0.25) is 0 Å². The van der Waals surface area contributed by atoms with Gasteiger partial charge in [-0.1, -0.05) is 0 Å². The summed E-state index contributed by atoms with van der Waals surface area (Å²) >= 11 is 0. The molecule has 0 aromatic heterocycles. The number of hydrogen-bond donors (Lipinski definition) is 0. The van der Waals surface area contributed by atoms with Crippen LogP contribution in [0.1, 0.15) is 0 Å². The third-order valence-electron chi connectivity index (χ3n) is 0. The summed E-state index contributed by atoms with van der Waals surface area (Å²) in [5, 5.41) is 0. The summed E-state index contributed by atoms with van der Waals surface area (Å²) in [4.78, 5) is 0. The molecule has 3 heteroatoms. The van der Waals surface area contributed by atoms with E-state index in [1.54, 1.807) is 0 Å². The molecule has 0 atom stereocenters. The Bertz CT molecular complexity index is 12.4. The Morgan fingerprint density at radius 2 is 1.12 bits per heavy atom. The Balaban J connectivity index is -0.00000000200. The van der Waals surface area contributed by atoms with Crippen LogP contribution < -0.4 is 0 Å². The minimum atomic E-state index is 0. The molecule has 0 aliphatic carbocycles. The predicted molar refractivity (Wildman–Crippen MR) is 38.9 cm³/mol. The molecule has 8 heavy (non-hydrogen) atoms.